The highest BCUT2D eigenvalue weighted by atomic mass is 16.5. The molecule has 0 aromatic heterocycles. The van der Waals surface area contributed by atoms with Crippen LogP contribution in [0.3, 0.4) is 0 Å². The van der Waals surface area contributed by atoms with Crippen LogP contribution < -0.4 is 4.74 Å². The first-order valence-corrected chi connectivity index (χ1v) is 9.40. The lowest BCUT2D eigenvalue weighted by atomic mass is 9.49. The number of carbonyl (C=O) groups excluding carboxylic acids is 2. The third kappa shape index (κ3) is 2.42. The van der Waals surface area contributed by atoms with Gasteiger partial charge in [0.1, 0.15) is 5.75 Å². The Morgan fingerprint density at radius 1 is 1.15 bits per heavy atom. The molecular formula is C21H28O6. The summed E-state index contributed by atoms with van der Waals surface area (Å²) >= 11 is 0. The second kappa shape index (κ2) is 6.23. The zero-order valence-corrected chi connectivity index (χ0v) is 16.5. The summed E-state index contributed by atoms with van der Waals surface area (Å²) in [5.41, 5.74) is -1.36. The van der Waals surface area contributed by atoms with Crippen molar-refractivity contribution in [3.63, 3.8) is 0 Å². The van der Waals surface area contributed by atoms with Crippen LogP contribution in [-0.2, 0) is 10.2 Å². The number of ketones is 2. The number of hydrogen-bond acceptors (Lipinski definition) is 6. The Labute approximate surface area is 159 Å². The summed E-state index contributed by atoms with van der Waals surface area (Å²) in [6.45, 7) is 7.02. The van der Waals surface area contributed by atoms with E-state index in [4.69, 9.17) is 4.74 Å². The summed E-state index contributed by atoms with van der Waals surface area (Å²) in [6, 6.07) is 0. The number of hydrogen-bond donors (Lipinski definition) is 3. The van der Waals surface area contributed by atoms with Crippen LogP contribution in [0.4, 0.5) is 0 Å². The summed E-state index contributed by atoms with van der Waals surface area (Å²) in [7, 11) is 1.39. The number of aromatic hydroxyl groups is 2. The van der Waals surface area contributed by atoms with Gasteiger partial charge in [-0.05, 0) is 24.2 Å². The van der Waals surface area contributed by atoms with Gasteiger partial charge in [0.2, 0.25) is 11.6 Å². The van der Waals surface area contributed by atoms with E-state index in [9.17, 15) is 24.9 Å². The SMILES string of the molecule is COc1c(O)c2c(c(O)c1C(C)C)C(=O)C(=O)C1C(C)(C)CCCC21CO. The van der Waals surface area contributed by atoms with Gasteiger partial charge in [-0.15, -0.1) is 0 Å². The van der Waals surface area contributed by atoms with E-state index in [-0.39, 0.29) is 39.9 Å². The van der Waals surface area contributed by atoms with E-state index in [2.05, 4.69) is 0 Å². The summed E-state index contributed by atoms with van der Waals surface area (Å²) < 4.78 is 5.38. The van der Waals surface area contributed by atoms with Crippen molar-refractivity contribution in [1.82, 2.24) is 0 Å². The van der Waals surface area contributed by atoms with E-state index in [1.165, 1.54) is 7.11 Å². The van der Waals surface area contributed by atoms with Gasteiger partial charge in [-0.1, -0.05) is 34.1 Å². The van der Waals surface area contributed by atoms with E-state index in [0.717, 1.165) is 12.8 Å². The molecule has 27 heavy (non-hydrogen) atoms. The van der Waals surface area contributed by atoms with E-state index in [0.29, 0.717) is 6.42 Å². The molecule has 3 N–H and O–H groups in total. The molecule has 0 radical (unpaired) electrons. The smallest absolute Gasteiger partial charge is 0.233 e. The van der Waals surface area contributed by atoms with E-state index >= 15 is 0 Å². The first kappa shape index (κ1) is 19.7. The molecule has 2 aliphatic carbocycles. The highest BCUT2D eigenvalue weighted by molar-refractivity contribution is 6.47. The van der Waals surface area contributed by atoms with Crippen LogP contribution in [0.1, 0.15) is 74.4 Å². The Morgan fingerprint density at radius 3 is 2.30 bits per heavy atom. The summed E-state index contributed by atoms with van der Waals surface area (Å²) in [4.78, 5) is 26.1. The lowest BCUT2D eigenvalue weighted by molar-refractivity contribution is -0.130. The maximum absolute atomic E-state index is 13.1. The zero-order chi connectivity index (χ0) is 20.3. The number of phenolic OH excluding ortho intramolecular Hbond substituents is 2. The topological polar surface area (TPSA) is 104 Å². The number of benzene rings is 1. The van der Waals surface area contributed by atoms with Crippen LogP contribution in [0, 0.1) is 11.3 Å². The fourth-order valence-corrected chi connectivity index (χ4v) is 5.44. The third-order valence-electron chi connectivity index (χ3n) is 6.49. The van der Waals surface area contributed by atoms with Crippen LogP contribution in [0.25, 0.3) is 0 Å². The molecule has 0 heterocycles. The number of phenols is 2. The van der Waals surface area contributed by atoms with Crippen LogP contribution in [-0.4, -0.2) is 40.6 Å². The van der Waals surface area contributed by atoms with Crippen molar-refractivity contribution in [2.75, 3.05) is 13.7 Å². The molecule has 0 aliphatic heterocycles. The van der Waals surface area contributed by atoms with Crippen LogP contribution >= 0.6 is 0 Å². The Hall–Kier alpha value is -2.08. The Morgan fingerprint density at radius 2 is 1.78 bits per heavy atom. The standard InChI is InChI=1S/C21H28O6/c1-10(2)11-14(23)12-13(16(25)18(11)27-5)21(9-22)8-6-7-20(3,4)19(21)17(26)15(12)24/h10,19,22-23,25H,6-9H2,1-5H3. The number of methoxy groups -OCH3 is 1. The van der Waals surface area contributed by atoms with Gasteiger partial charge in [0.25, 0.3) is 0 Å². The predicted molar refractivity (Wildman–Crippen MR) is 99.6 cm³/mol. The average molecular weight is 376 g/mol. The second-order valence-corrected chi connectivity index (χ2v) is 8.83. The first-order valence-electron chi connectivity index (χ1n) is 9.40. The number of Topliss-reactive ketones (excluding diaryl/α,β-unsaturated/α-hetero) is 2. The van der Waals surface area contributed by atoms with Crippen molar-refractivity contribution in [2.24, 2.45) is 11.3 Å². The summed E-state index contributed by atoms with van der Waals surface area (Å²) in [5.74, 6) is -2.90. The van der Waals surface area contributed by atoms with Gasteiger partial charge in [-0.25, -0.2) is 0 Å². The molecule has 0 spiro atoms. The predicted octanol–water partition coefficient (Wildman–Crippen LogP) is 3.05. The van der Waals surface area contributed by atoms with Gasteiger partial charge in [-0.3, -0.25) is 9.59 Å². The van der Waals surface area contributed by atoms with Crippen molar-refractivity contribution in [3.05, 3.63) is 16.7 Å². The van der Waals surface area contributed by atoms with Gasteiger partial charge in [0, 0.05) is 22.5 Å². The molecule has 0 saturated heterocycles. The molecule has 1 aromatic carbocycles. The number of aliphatic hydroxyl groups excluding tert-OH is 1. The summed E-state index contributed by atoms with van der Waals surface area (Å²) in [6.07, 6.45) is 1.92. The number of ether oxygens (including phenoxy) is 1. The maximum atomic E-state index is 13.1. The minimum absolute atomic E-state index is 0.0957. The number of aliphatic hydroxyl groups is 1. The molecule has 0 amide bonds. The fraction of sp³-hybridized carbons (Fsp3) is 0.619. The minimum atomic E-state index is -1.12. The molecule has 1 aromatic rings. The molecular weight excluding hydrogens is 348 g/mol. The van der Waals surface area contributed by atoms with Gasteiger partial charge >= 0.3 is 0 Å². The number of rotatable bonds is 3. The first-order chi connectivity index (χ1) is 12.5. The van der Waals surface area contributed by atoms with Crippen molar-refractivity contribution >= 4 is 11.6 Å². The van der Waals surface area contributed by atoms with Crippen LogP contribution in [0.2, 0.25) is 0 Å². The van der Waals surface area contributed by atoms with Gasteiger partial charge in [-0.2, -0.15) is 0 Å². The van der Waals surface area contributed by atoms with E-state index in [1.54, 1.807) is 13.8 Å². The second-order valence-electron chi connectivity index (χ2n) is 8.83. The van der Waals surface area contributed by atoms with Gasteiger partial charge < -0.3 is 20.1 Å². The molecule has 3 rings (SSSR count). The quantitative estimate of drug-likeness (QED) is 0.553. The maximum Gasteiger partial charge on any atom is 0.233 e. The highest BCUT2D eigenvalue weighted by Crippen LogP contribution is 2.61. The Balaban J connectivity index is 2.48. The average Bonchev–Trinajstić information content (AvgIpc) is 2.59. The molecule has 148 valence electrons. The molecule has 1 saturated carbocycles. The fourth-order valence-electron chi connectivity index (χ4n) is 5.44. The van der Waals surface area contributed by atoms with Crippen molar-refractivity contribution in [2.45, 2.75) is 58.3 Å². The highest BCUT2D eigenvalue weighted by Gasteiger charge is 2.61. The molecule has 6 heteroatoms. The Bertz CT molecular complexity index is 823. The lowest BCUT2D eigenvalue weighted by Gasteiger charge is -2.53. The minimum Gasteiger partial charge on any atom is -0.507 e. The molecule has 1 fully saturated rings. The number of fused-ring (bicyclic) bond motifs is 3. The third-order valence-corrected chi connectivity index (χ3v) is 6.49. The summed E-state index contributed by atoms with van der Waals surface area (Å²) in [5, 5.41) is 32.4. The number of carbonyl (C=O) groups is 2. The molecule has 6 nitrogen and oxygen atoms in total. The van der Waals surface area contributed by atoms with Gasteiger partial charge in [0.05, 0.1) is 19.3 Å². The van der Waals surface area contributed by atoms with Crippen molar-refractivity contribution in [1.29, 1.82) is 0 Å². The van der Waals surface area contributed by atoms with Gasteiger partial charge in [0.15, 0.2) is 11.5 Å². The van der Waals surface area contributed by atoms with Crippen molar-refractivity contribution in [3.8, 4) is 17.2 Å². The van der Waals surface area contributed by atoms with Crippen LogP contribution in [0.15, 0.2) is 0 Å². The normalized spacial score (nSPS) is 26.7. The molecule has 2 atom stereocenters. The molecule has 2 aliphatic rings. The molecule has 2 unspecified atom stereocenters. The van der Waals surface area contributed by atoms with E-state index in [1.807, 2.05) is 13.8 Å². The monoisotopic (exact) mass is 376 g/mol. The zero-order valence-electron chi connectivity index (χ0n) is 16.5. The molecule has 0 bridgehead atoms. The van der Waals surface area contributed by atoms with E-state index < -0.39 is 34.9 Å². The van der Waals surface area contributed by atoms with Crippen molar-refractivity contribution < 1.29 is 29.6 Å². The Kier molecular flexibility index (Phi) is 4.54. The van der Waals surface area contributed by atoms with Crippen LogP contribution in [0.5, 0.6) is 17.2 Å². The lowest BCUT2D eigenvalue weighted by Crippen LogP contribution is -2.58. The largest absolute Gasteiger partial charge is 0.507 e.